The molecule has 0 radical (unpaired) electrons. The molecule has 1 aliphatic heterocycles. The number of halogens is 1. The molecule has 0 saturated carbocycles. The summed E-state index contributed by atoms with van der Waals surface area (Å²) in [5.41, 5.74) is 0.408. The minimum atomic E-state index is -0.0436. The molecule has 0 bridgehead atoms. The molecule has 0 aliphatic carbocycles. The summed E-state index contributed by atoms with van der Waals surface area (Å²) in [5.74, 6) is 0.373. The first-order valence-electron chi connectivity index (χ1n) is 4.71. The van der Waals surface area contributed by atoms with Crippen molar-refractivity contribution in [3.8, 4) is 0 Å². The van der Waals surface area contributed by atoms with Crippen LogP contribution in [0.2, 0.25) is 0 Å². The summed E-state index contributed by atoms with van der Waals surface area (Å²) in [7, 11) is 0. The molecule has 1 saturated heterocycles. The van der Waals surface area contributed by atoms with Gasteiger partial charge in [-0.1, -0.05) is 0 Å². The number of aromatic nitrogens is 1. The third-order valence-electron chi connectivity index (χ3n) is 2.35. The molecule has 4 nitrogen and oxygen atoms in total. The van der Waals surface area contributed by atoms with Crippen LogP contribution in [0, 0.1) is 0 Å². The summed E-state index contributed by atoms with van der Waals surface area (Å²) in [6, 6.07) is 1.65. The Balaban J connectivity index is 2.40. The van der Waals surface area contributed by atoms with Crippen molar-refractivity contribution >= 4 is 46.6 Å². The monoisotopic (exact) mass is 300 g/mol. The fourth-order valence-electron chi connectivity index (χ4n) is 1.65. The lowest BCUT2D eigenvalue weighted by molar-refractivity contribution is -0.117. The summed E-state index contributed by atoms with van der Waals surface area (Å²) in [5, 5.41) is 0.0115. The summed E-state index contributed by atoms with van der Waals surface area (Å²) in [6.45, 7) is 0.497. The van der Waals surface area contributed by atoms with Crippen LogP contribution in [0.15, 0.2) is 16.7 Å². The Bertz CT molecular complexity index is 452. The van der Waals surface area contributed by atoms with Crippen molar-refractivity contribution < 1.29 is 9.59 Å². The normalized spacial score (nSPS) is 20.2. The molecule has 1 fully saturated rings. The summed E-state index contributed by atoms with van der Waals surface area (Å²) < 4.78 is 0.715. The summed E-state index contributed by atoms with van der Waals surface area (Å²) >= 11 is 7.49. The predicted molar refractivity (Wildman–Crippen MR) is 67.1 cm³/mol. The molecule has 1 aromatic rings. The SMILES string of the molecule is O=Cc1cc(Br)cnc1N1CC(S)CC1=O. The molecular weight excluding hydrogens is 292 g/mol. The number of carbonyl (C=O) groups excluding carboxylic acids is 2. The second-order valence-corrected chi connectivity index (χ2v) is 5.19. The van der Waals surface area contributed by atoms with E-state index in [9.17, 15) is 9.59 Å². The fourth-order valence-corrected chi connectivity index (χ4v) is 2.32. The smallest absolute Gasteiger partial charge is 0.229 e. The Morgan fingerprint density at radius 1 is 1.62 bits per heavy atom. The van der Waals surface area contributed by atoms with Crippen LogP contribution in [-0.2, 0) is 4.79 Å². The number of aldehydes is 1. The molecule has 1 unspecified atom stereocenters. The van der Waals surface area contributed by atoms with Crippen LogP contribution in [-0.4, -0.2) is 29.0 Å². The lowest BCUT2D eigenvalue weighted by atomic mass is 10.2. The van der Waals surface area contributed by atoms with Crippen LogP contribution in [0.3, 0.4) is 0 Å². The van der Waals surface area contributed by atoms with Crippen LogP contribution in [0.4, 0.5) is 5.82 Å². The minimum absolute atomic E-state index is 0.0115. The van der Waals surface area contributed by atoms with Gasteiger partial charge in [0.15, 0.2) is 6.29 Å². The van der Waals surface area contributed by atoms with Crippen LogP contribution in [0.5, 0.6) is 0 Å². The molecule has 2 rings (SSSR count). The van der Waals surface area contributed by atoms with E-state index in [1.54, 1.807) is 12.3 Å². The lowest BCUT2D eigenvalue weighted by Crippen LogP contribution is -2.26. The molecule has 0 N–H and O–H groups in total. The third kappa shape index (κ3) is 2.12. The van der Waals surface area contributed by atoms with Gasteiger partial charge in [0, 0.05) is 28.9 Å². The lowest BCUT2D eigenvalue weighted by Gasteiger charge is -2.16. The fraction of sp³-hybridized carbons (Fsp3) is 0.300. The summed E-state index contributed by atoms with van der Waals surface area (Å²) in [6.07, 6.45) is 2.66. The topological polar surface area (TPSA) is 50.3 Å². The van der Waals surface area contributed by atoms with Gasteiger partial charge in [-0.3, -0.25) is 14.5 Å². The Labute approximate surface area is 107 Å². The highest BCUT2D eigenvalue weighted by molar-refractivity contribution is 9.10. The number of carbonyl (C=O) groups is 2. The number of amides is 1. The van der Waals surface area contributed by atoms with E-state index in [0.29, 0.717) is 35.1 Å². The Hall–Kier alpha value is -0.880. The van der Waals surface area contributed by atoms with Gasteiger partial charge in [-0.2, -0.15) is 12.6 Å². The molecule has 1 aromatic heterocycles. The molecule has 2 heterocycles. The number of pyridine rings is 1. The molecule has 6 heteroatoms. The van der Waals surface area contributed by atoms with Gasteiger partial charge in [-0.05, 0) is 22.0 Å². The number of nitrogens with zero attached hydrogens (tertiary/aromatic N) is 2. The number of hydrogen-bond acceptors (Lipinski definition) is 4. The minimum Gasteiger partial charge on any atom is -0.298 e. The van der Waals surface area contributed by atoms with Gasteiger partial charge in [0.25, 0.3) is 0 Å². The van der Waals surface area contributed by atoms with Crippen molar-refractivity contribution in [3.05, 3.63) is 22.3 Å². The van der Waals surface area contributed by atoms with E-state index in [1.807, 2.05) is 0 Å². The van der Waals surface area contributed by atoms with Gasteiger partial charge in [0.2, 0.25) is 5.91 Å². The zero-order valence-corrected chi connectivity index (χ0v) is 10.7. The van der Waals surface area contributed by atoms with Gasteiger partial charge in [0.05, 0.1) is 5.56 Å². The van der Waals surface area contributed by atoms with Crippen molar-refractivity contribution in [3.63, 3.8) is 0 Å². The quantitative estimate of drug-likeness (QED) is 0.668. The van der Waals surface area contributed by atoms with Crippen LogP contribution < -0.4 is 4.90 Å². The first kappa shape index (κ1) is 11.6. The maximum absolute atomic E-state index is 11.6. The van der Waals surface area contributed by atoms with E-state index < -0.39 is 0 Å². The molecule has 0 spiro atoms. The van der Waals surface area contributed by atoms with E-state index >= 15 is 0 Å². The maximum atomic E-state index is 11.6. The van der Waals surface area contributed by atoms with E-state index in [4.69, 9.17) is 0 Å². The van der Waals surface area contributed by atoms with Crippen LogP contribution in [0.1, 0.15) is 16.8 Å². The maximum Gasteiger partial charge on any atom is 0.229 e. The first-order chi connectivity index (χ1) is 7.61. The largest absolute Gasteiger partial charge is 0.298 e. The standard InChI is InChI=1S/C10H9BrN2O2S/c11-7-1-6(5-14)10(12-3-7)13-4-8(16)2-9(13)15/h1,3,5,8,16H,2,4H2. The van der Waals surface area contributed by atoms with Gasteiger partial charge in [-0.25, -0.2) is 4.98 Å². The highest BCUT2D eigenvalue weighted by Crippen LogP contribution is 2.26. The molecule has 84 valence electrons. The molecule has 1 aliphatic rings. The molecule has 1 atom stereocenters. The second-order valence-electron chi connectivity index (χ2n) is 3.55. The van der Waals surface area contributed by atoms with Crippen molar-refractivity contribution in [1.82, 2.24) is 4.98 Å². The second kappa shape index (κ2) is 4.55. The Morgan fingerprint density at radius 2 is 2.38 bits per heavy atom. The van der Waals surface area contributed by atoms with Crippen molar-refractivity contribution in [2.75, 3.05) is 11.4 Å². The van der Waals surface area contributed by atoms with Gasteiger partial charge in [0.1, 0.15) is 5.82 Å². The van der Waals surface area contributed by atoms with Crippen molar-refractivity contribution in [2.45, 2.75) is 11.7 Å². The molecule has 0 aromatic carbocycles. The van der Waals surface area contributed by atoms with E-state index in [2.05, 4.69) is 33.5 Å². The highest BCUT2D eigenvalue weighted by Gasteiger charge is 2.30. The zero-order chi connectivity index (χ0) is 11.7. The Kier molecular flexibility index (Phi) is 3.30. The van der Waals surface area contributed by atoms with E-state index in [1.165, 1.54) is 4.90 Å². The zero-order valence-electron chi connectivity index (χ0n) is 8.26. The van der Waals surface area contributed by atoms with Crippen molar-refractivity contribution in [2.24, 2.45) is 0 Å². The van der Waals surface area contributed by atoms with Crippen LogP contribution in [0.25, 0.3) is 0 Å². The van der Waals surface area contributed by atoms with E-state index in [-0.39, 0.29) is 11.2 Å². The van der Waals surface area contributed by atoms with Crippen molar-refractivity contribution in [1.29, 1.82) is 0 Å². The number of anilines is 1. The first-order valence-corrected chi connectivity index (χ1v) is 6.02. The average molecular weight is 301 g/mol. The van der Waals surface area contributed by atoms with Gasteiger partial charge >= 0.3 is 0 Å². The van der Waals surface area contributed by atoms with Gasteiger partial charge in [-0.15, -0.1) is 0 Å². The number of rotatable bonds is 2. The predicted octanol–water partition coefficient (Wildman–Crippen LogP) is 1.69. The highest BCUT2D eigenvalue weighted by atomic mass is 79.9. The average Bonchev–Trinajstić information content (AvgIpc) is 2.57. The third-order valence-corrected chi connectivity index (χ3v) is 3.13. The Morgan fingerprint density at radius 3 is 2.94 bits per heavy atom. The summed E-state index contributed by atoms with van der Waals surface area (Å²) in [4.78, 5) is 28.2. The molecular formula is C10H9BrN2O2S. The van der Waals surface area contributed by atoms with Crippen LogP contribution >= 0.6 is 28.6 Å². The number of hydrogen-bond donors (Lipinski definition) is 1. The molecule has 16 heavy (non-hydrogen) atoms. The molecule has 1 amide bonds. The van der Waals surface area contributed by atoms with E-state index in [0.717, 1.165) is 0 Å². The van der Waals surface area contributed by atoms with Gasteiger partial charge < -0.3 is 0 Å². The number of thiol groups is 1.